The fourth-order valence-corrected chi connectivity index (χ4v) is 7.26. The average molecular weight is 398 g/mol. The number of Topliss-reactive ketones (excluding diaryl/α,β-unsaturated/α-hetero) is 2. The number of hydrogen-bond donors (Lipinski definition) is 0. The van der Waals surface area contributed by atoms with Gasteiger partial charge in [0.25, 0.3) is 0 Å². The lowest BCUT2D eigenvalue weighted by Crippen LogP contribution is -2.56. The smallest absolute Gasteiger partial charge is 0.303 e. The van der Waals surface area contributed by atoms with Gasteiger partial charge in [-0.1, -0.05) is 32.4 Å². The van der Waals surface area contributed by atoms with Crippen LogP contribution in [0.1, 0.15) is 53.4 Å². The van der Waals surface area contributed by atoms with Gasteiger partial charge in [-0.05, 0) is 54.6 Å². The number of rotatable bonds is 3. The molecule has 156 valence electrons. The van der Waals surface area contributed by atoms with Crippen molar-refractivity contribution in [1.82, 2.24) is 0 Å². The molecule has 0 aromatic carbocycles. The molecular weight excluding hydrogens is 368 g/mol. The van der Waals surface area contributed by atoms with Crippen LogP contribution in [0.3, 0.4) is 0 Å². The van der Waals surface area contributed by atoms with Crippen LogP contribution < -0.4 is 0 Å². The predicted molar refractivity (Wildman–Crippen MR) is 107 cm³/mol. The Morgan fingerprint density at radius 3 is 2.62 bits per heavy atom. The van der Waals surface area contributed by atoms with Gasteiger partial charge in [-0.3, -0.25) is 19.2 Å². The number of fused-ring (bicyclic) bond motifs is 5. The van der Waals surface area contributed by atoms with E-state index in [9.17, 15) is 19.2 Å². The zero-order valence-electron chi connectivity index (χ0n) is 17.7. The molecule has 29 heavy (non-hydrogen) atoms. The van der Waals surface area contributed by atoms with Gasteiger partial charge in [0, 0.05) is 30.6 Å². The van der Waals surface area contributed by atoms with E-state index < -0.39 is 11.4 Å². The van der Waals surface area contributed by atoms with E-state index in [4.69, 9.17) is 4.74 Å². The molecule has 4 aliphatic rings. The topological polar surface area (TPSA) is 77.5 Å². The summed E-state index contributed by atoms with van der Waals surface area (Å²) in [6, 6.07) is 0. The molecule has 0 unspecified atom stereocenters. The van der Waals surface area contributed by atoms with Crippen LogP contribution in [0.15, 0.2) is 23.8 Å². The molecule has 0 radical (unpaired) electrons. The Balaban J connectivity index is 1.66. The highest BCUT2D eigenvalue weighted by molar-refractivity contribution is 6.02. The molecule has 0 aliphatic heterocycles. The molecule has 3 fully saturated rings. The molecule has 0 saturated heterocycles. The molecule has 0 aromatic heterocycles. The number of esters is 1. The Hall–Kier alpha value is -2.04. The second-order valence-corrected chi connectivity index (χ2v) is 10.0. The van der Waals surface area contributed by atoms with Crippen LogP contribution in [-0.4, -0.2) is 29.9 Å². The van der Waals surface area contributed by atoms with E-state index in [-0.39, 0.29) is 53.0 Å². The number of carbonyl (C=O) groups is 4. The highest BCUT2D eigenvalue weighted by atomic mass is 16.5. The minimum Gasteiger partial charge on any atom is -0.458 e. The first-order chi connectivity index (χ1) is 13.6. The molecule has 4 rings (SSSR count). The Bertz CT molecular complexity index is 851. The summed E-state index contributed by atoms with van der Waals surface area (Å²) in [5.41, 5.74) is 0.304. The molecule has 5 heteroatoms. The predicted octanol–water partition coefficient (Wildman–Crippen LogP) is 3.47. The van der Waals surface area contributed by atoms with Crippen LogP contribution >= 0.6 is 0 Å². The minimum absolute atomic E-state index is 0.00729. The van der Waals surface area contributed by atoms with Crippen LogP contribution in [0.2, 0.25) is 0 Å². The highest BCUT2D eigenvalue weighted by Gasteiger charge is 2.63. The molecule has 5 nitrogen and oxygen atoms in total. The molecule has 0 heterocycles. The van der Waals surface area contributed by atoms with Crippen molar-refractivity contribution in [1.29, 1.82) is 0 Å². The summed E-state index contributed by atoms with van der Waals surface area (Å²) in [6.45, 7) is 7.46. The van der Waals surface area contributed by atoms with Crippen molar-refractivity contribution in [3.05, 3.63) is 23.8 Å². The van der Waals surface area contributed by atoms with Crippen molar-refractivity contribution in [2.24, 2.45) is 40.4 Å². The maximum Gasteiger partial charge on any atom is 0.303 e. The summed E-state index contributed by atoms with van der Waals surface area (Å²) in [7, 11) is 0. The van der Waals surface area contributed by atoms with Crippen molar-refractivity contribution in [2.45, 2.75) is 53.4 Å². The van der Waals surface area contributed by atoms with E-state index in [1.807, 2.05) is 6.08 Å². The largest absolute Gasteiger partial charge is 0.458 e. The lowest BCUT2D eigenvalue weighted by atomic mass is 9.45. The molecule has 3 saturated carbocycles. The summed E-state index contributed by atoms with van der Waals surface area (Å²) >= 11 is 0. The van der Waals surface area contributed by atoms with Gasteiger partial charge in [-0.15, -0.1) is 0 Å². The van der Waals surface area contributed by atoms with Gasteiger partial charge >= 0.3 is 5.97 Å². The van der Waals surface area contributed by atoms with E-state index in [2.05, 4.69) is 20.8 Å². The second kappa shape index (κ2) is 6.75. The lowest BCUT2D eigenvalue weighted by Gasteiger charge is -2.57. The molecule has 7 atom stereocenters. The minimum atomic E-state index is -0.454. The van der Waals surface area contributed by atoms with Crippen molar-refractivity contribution in [2.75, 3.05) is 6.61 Å². The lowest BCUT2D eigenvalue weighted by molar-refractivity contribution is -0.152. The van der Waals surface area contributed by atoms with Crippen LogP contribution in [-0.2, 0) is 23.9 Å². The fourth-order valence-electron chi connectivity index (χ4n) is 7.26. The first-order valence-corrected chi connectivity index (χ1v) is 10.7. The fraction of sp³-hybridized carbons (Fsp3) is 0.667. The van der Waals surface area contributed by atoms with Gasteiger partial charge in [0.15, 0.2) is 11.6 Å². The van der Waals surface area contributed by atoms with Gasteiger partial charge in [-0.25, -0.2) is 0 Å². The van der Waals surface area contributed by atoms with Crippen LogP contribution in [0, 0.1) is 40.4 Å². The van der Waals surface area contributed by atoms with Gasteiger partial charge in [0.2, 0.25) is 0 Å². The monoisotopic (exact) mass is 398 g/mol. The number of ketones is 3. The zero-order chi connectivity index (χ0) is 21.1. The van der Waals surface area contributed by atoms with Gasteiger partial charge in [0.1, 0.15) is 12.4 Å². The third kappa shape index (κ3) is 2.96. The standard InChI is InChI=1S/C24H30O5/c1-13-9-16-17-5-6-18(21(28)12-29-14(2)25)24(17,4)11-20(27)22(16)23(3)8-7-15(26)10-19(13)23/h7-8,10,13,16-18,22H,5-6,9,11-12H2,1-4H3/t13-,16-,17-,18+,22+,23-,24-/m0/s1. The van der Waals surface area contributed by atoms with Gasteiger partial charge in [0.05, 0.1) is 0 Å². The van der Waals surface area contributed by atoms with Crippen LogP contribution in [0.4, 0.5) is 0 Å². The van der Waals surface area contributed by atoms with E-state index >= 15 is 0 Å². The first kappa shape index (κ1) is 20.2. The molecular formula is C24H30O5. The normalized spacial score (nSPS) is 43.2. The summed E-state index contributed by atoms with van der Waals surface area (Å²) < 4.78 is 4.97. The van der Waals surface area contributed by atoms with E-state index in [0.717, 1.165) is 24.8 Å². The molecule has 0 amide bonds. The molecule has 4 aliphatic carbocycles. The van der Waals surface area contributed by atoms with Crippen molar-refractivity contribution < 1.29 is 23.9 Å². The SMILES string of the molecule is CC(=O)OCC(=O)[C@H]1CC[C@H]2[C@@H]3C[C@H](C)C4=CC(=O)C=C[C@]4(C)[C@H]3C(=O)C[C@]12C. The van der Waals surface area contributed by atoms with Gasteiger partial charge in [-0.2, -0.15) is 0 Å². The number of hydrogen-bond acceptors (Lipinski definition) is 5. The molecule has 0 aromatic rings. The van der Waals surface area contributed by atoms with Crippen LogP contribution in [0.5, 0.6) is 0 Å². The van der Waals surface area contributed by atoms with Crippen molar-refractivity contribution in [3.8, 4) is 0 Å². The second-order valence-electron chi connectivity index (χ2n) is 10.0. The number of ether oxygens (including phenoxy) is 1. The summed E-state index contributed by atoms with van der Waals surface area (Å²) in [4.78, 5) is 49.5. The average Bonchev–Trinajstić information content (AvgIpc) is 2.97. The summed E-state index contributed by atoms with van der Waals surface area (Å²) in [5, 5.41) is 0. The zero-order valence-corrected chi connectivity index (χ0v) is 17.7. The van der Waals surface area contributed by atoms with Crippen LogP contribution in [0.25, 0.3) is 0 Å². The van der Waals surface area contributed by atoms with Crippen molar-refractivity contribution in [3.63, 3.8) is 0 Å². The third-order valence-corrected chi connectivity index (χ3v) is 8.38. The molecule has 0 bridgehead atoms. The number of carbonyl (C=O) groups excluding carboxylic acids is 4. The van der Waals surface area contributed by atoms with E-state index in [1.165, 1.54) is 6.92 Å². The summed E-state index contributed by atoms with van der Waals surface area (Å²) in [5.74, 6) is 0.0790. The molecule has 0 N–H and O–H groups in total. The maximum atomic E-state index is 13.5. The Labute approximate surface area is 171 Å². The quantitative estimate of drug-likeness (QED) is 0.680. The van der Waals surface area contributed by atoms with E-state index in [1.54, 1.807) is 12.2 Å². The Morgan fingerprint density at radius 1 is 1.21 bits per heavy atom. The Kier molecular flexibility index (Phi) is 4.71. The number of allylic oxidation sites excluding steroid dienone is 4. The van der Waals surface area contributed by atoms with Crippen molar-refractivity contribution >= 4 is 23.3 Å². The van der Waals surface area contributed by atoms with Gasteiger partial charge < -0.3 is 4.74 Å². The highest BCUT2D eigenvalue weighted by Crippen LogP contribution is 2.65. The molecule has 0 spiro atoms. The third-order valence-electron chi connectivity index (χ3n) is 8.38. The summed E-state index contributed by atoms with van der Waals surface area (Å²) in [6.07, 6.45) is 8.24. The Morgan fingerprint density at radius 2 is 1.93 bits per heavy atom. The maximum absolute atomic E-state index is 13.5. The first-order valence-electron chi connectivity index (χ1n) is 10.7. The van der Waals surface area contributed by atoms with E-state index in [0.29, 0.717) is 12.3 Å².